The van der Waals surface area contributed by atoms with Crippen molar-refractivity contribution in [3.05, 3.63) is 59.2 Å². The van der Waals surface area contributed by atoms with Gasteiger partial charge in [0, 0.05) is 17.8 Å². The highest BCUT2D eigenvalue weighted by Crippen LogP contribution is 2.22. The van der Waals surface area contributed by atoms with E-state index in [4.69, 9.17) is 9.47 Å². The molecule has 1 aliphatic rings. The standard InChI is InChI=1S/C21H24N2O4/c1-14-4-7-17(10-15(14)2)23-12-19(27-13-20(23)24)11-22-21(25)16-5-8-18(26-3)9-6-16/h4-10,19H,11-13H2,1-3H3,(H,22,25). The number of nitrogens with zero attached hydrogens (tertiary/aromatic N) is 1. The molecule has 0 bridgehead atoms. The van der Waals surface area contributed by atoms with Gasteiger partial charge in [-0.1, -0.05) is 6.07 Å². The summed E-state index contributed by atoms with van der Waals surface area (Å²) in [7, 11) is 1.58. The van der Waals surface area contributed by atoms with E-state index < -0.39 is 0 Å². The van der Waals surface area contributed by atoms with Crippen LogP contribution < -0.4 is 15.0 Å². The highest BCUT2D eigenvalue weighted by Gasteiger charge is 2.28. The van der Waals surface area contributed by atoms with E-state index in [0.717, 1.165) is 11.3 Å². The fourth-order valence-corrected chi connectivity index (χ4v) is 2.94. The van der Waals surface area contributed by atoms with Gasteiger partial charge >= 0.3 is 0 Å². The highest BCUT2D eigenvalue weighted by molar-refractivity contribution is 5.95. The Morgan fingerprint density at radius 2 is 1.93 bits per heavy atom. The number of benzene rings is 2. The fraction of sp³-hybridized carbons (Fsp3) is 0.333. The number of amides is 2. The number of methoxy groups -OCH3 is 1. The molecule has 1 fully saturated rings. The van der Waals surface area contributed by atoms with Crippen LogP contribution >= 0.6 is 0 Å². The van der Waals surface area contributed by atoms with Crippen molar-refractivity contribution in [1.82, 2.24) is 5.32 Å². The normalized spacial score (nSPS) is 16.9. The lowest BCUT2D eigenvalue weighted by molar-refractivity contribution is -0.129. The second kappa shape index (κ2) is 8.22. The number of morpholine rings is 1. The molecule has 2 aromatic carbocycles. The Morgan fingerprint density at radius 3 is 2.59 bits per heavy atom. The number of nitrogens with one attached hydrogen (secondary N) is 1. The van der Waals surface area contributed by atoms with Crippen LogP contribution in [-0.4, -0.2) is 44.7 Å². The topological polar surface area (TPSA) is 67.9 Å². The van der Waals surface area contributed by atoms with Crippen molar-refractivity contribution in [3.8, 4) is 5.75 Å². The summed E-state index contributed by atoms with van der Waals surface area (Å²) >= 11 is 0. The summed E-state index contributed by atoms with van der Waals surface area (Å²) in [6.07, 6.45) is -0.258. The first-order valence-corrected chi connectivity index (χ1v) is 8.89. The lowest BCUT2D eigenvalue weighted by Gasteiger charge is -2.33. The van der Waals surface area contributed by atoms with Gasteiger partial charge < -0.3 is 19.7 Å². The number of hydrogen-bond donors (Lipinski definition) is 1. The van der Waals surface area contributed by atoms with Crippen LogP contribution in [0.2, 0.25) is 0 Å². The Hall–Kier alpha value is -2.86. The quantitative estimate of drug-likeness (QED) is 0.880. The molecule has 2 aromatic rings. The third-order valence-corrected chi connectivity index (χ3v) is 4.77. The van der Waals surface area contributed by atoms with E-state index >= 15 is 0 Å². The fourth-order valence-electron chi connectivity index (χ4n) is 2.94. The highest BCUT2D eigenvalue weighted by atomic mass is 16.5. The average Bonchev–Trinajstić information content (AvgIpc) is 2.69. The first-order valence-electron chi connectivity index (χ1n) is 8.89. The van der Waals surface area contributed by atoms with Crippen LogP contribution in [0.15, 0.2) is 42.5 Å². The smallest absolute Gasteiger partial charge is 0.253 e. The zero-order valence-electron chi connectivity index (χ0n) is 15.8. The van der Waals surface area contributed by atoms with Crippen LogP contribution in [0.1, 0.15) is 21.5 Å². The summed E-state index contributed by atoms with van der Waals surface area (Å²) < 4.78 is 10.7. The van der Waals surface area contributed by atoms with Crippen molar-refractivity contribution in [1.29, 1.82) is 0 Å². The number of rotatable bonds is 5. The Labute approximate surface area is 159 Å². The second-order valence-corrected chi connectivity index (χ2v) is 6.64. The van der Waals surface area contributed by atoms with Crippen molar-refractivity contribution in [3.63, 3.8) is 0 Å². The summed E-state index contributed by atoms with van der Waals surface area (Å²) in [6, 6.07) is 12.9. The molecule has 0 saturated carbocycles. The Morgan fingerprint density at radius 1 is 1.19 bits per heavy atom. The largest absolute Gasteiger partial charge is 0.497 e. The van der Waals surface area contributed by atoms with Gasteiger partial charge in [0.25, 0.3) is 11.8 Å². The minimum Gasteiger partial charge on any atom is -0.497 e. The molecule has 6 heteroatoms. The maximum Gasteiger partial charge on any atom is 0.253 e. The summed E-state index contributed by atoms with van der Waals surface area (Å²) in [6.45, 7) is 4.81. The number of carbonyl (C=O) groups is 2. The lowest BCUT2D eigenvalue weighted by atomic mass is 10.1. The predicted octanol–water partition coefficient (Wildman–Crippen LogP) is 2.47. The molecule has 1 aliphatic heterocycles. The SMILES string of the molecule is COc1ccc(C(=O)NCC2CN(c3ccc(C)c(C)c3)C(=O)CO2)cc1. The molecule has 1 saturated heterocycles. The van der Waals surface area contributed by atoms with Gasteiger partial charge in [-0.2, -0.15) is 0 Å². The van der Waals surface area contributed by atoms with Gasteiger partial charge in [0.15, 0.2) is 0 Å². The number of carbonyl (C=O) groups excluding carboxylic acids is 2. The van der Waals surface area contributed by atoms with E-state index in [1.54, 1.807) is 36.3 Å². The van der Waals surface area contributed by atoms with Gasteiger partial charge in [-0.3, -0.25) is 9.59 Å². The molecule has 0 aliphatic carbocycles. The molecule has 142 valence electrons. The molecule has 6 nitrogen and oxygen atoms in total. The van der Waals surface area contributed by atoms with E-state index in [-0.39, 0.29) is 24.5 Å². The molecule has 3 rings (SSSR count). The minimum atomic E-state index is -0.258. The Bertz CT molecular complexity index is 833. The third-order valence-electron chi connectivity index (χ3n) is 4.77. The van der Waals surface area contributed by atoms with Crippen molar-refractivity contribution in [2.24, 2.45) is 0 Å². The molecule has 1 unspecified atom stereocenters. The maximum absolute atomic E-state index is 12.3. The molecule has 0 spiro atoms. The summed E-state index contributed by atoms with van der Waals surface area (Å²) in [5.41, 5.74) is 3.73. The van der Waals surface area contributed by atoms with Crippen molar-refractivity contribution in [2.45, 2.75) is 20.0 Å². The monoisotopic (exact) mass is 368 g/mol. The molecular weight excluding hydrogens is 344 g/mol. The first-order chi connectivity index (χ1) is 13.0. The van der Waals surface area contributed by atoms with Crippen LogP contribution in [0.3, 0.4) is 0 Å². The third kappa shape index (κ3) is 4.46. The van der Waals surface area contributed by atoms with Crippen LogP contribution in [0, 0.1) is 13.8 Å². The van der Waals surface area contributed by atoms with Gasteiger partial charge in [0.05, 0.1) is 19.8 Å². The Balaban J connectivity index is 1.61. The van der Waals surface area contributed by atoms with Crippen LogP contribution in [-0.2, 0) is 9.53 Å². The molecule has 2 amide bonds. The van der Waals surface area contributed by atoms with Gasteiger partial charge in [0.1, 0.15) is 12.4 Å². The van der Waals surface area contributed by atoms with Gasteiger partial charge in [-0.15, -0.1) is 0 Å². The van der Waals surface area contributed by atoms with E-state index in [0.29, 0.717) is 24.4 Å². The first kappa shape index (κ1) is 18.9. The Kier molecular flexibility index (Phi) is 5.76. The van der Waals surface area contributed by atoms with Crippen LogP contribution in [0.5, 0.6) is 5.75 Å². The number of anilines is 1. The molecule has 27 heavy (non-hydrogen) atoms. The van der Waals surface area contributed by atoms with Crippen molar-refractivity contribution < 1.29 is 19.1 Å². The van der Waals surface area contributed by atoms with Gasteiger partial charge in [0.2, 0.25) is 0 Å². The molecule has 1 atom stereocenters. The van der Waals surface area contributed by atoms with Crippen molar-refractivity contribution in [2.75, 3.05) is 31.7 Å². The van der Waals surface area contributed by atoms with Gasteiger partial charge in [-0.05, 0) is 61.4 Å². The van der Waals surface area contributed by atoms with Crippen molar-refractivity contribution >= 4 is 17.5 Å². The summed E-state index contributed by atoms with van der Waals surface area (Å²) in [5, 5.41) is 2.87. The average molecular weight is 368 g/mol. The molecule has 0 aromatic heterocycles. The van der Waals surface area contributed by atoms with E-state index in [2.05, 4.69) is 5.32 Å². The van der Waals surface area contributed by atoms with Crippen LogP contribution in [0.25, 0.3) is 0 Å². The molecule has 1 heterocycles. The molecule has 0 radical (unpaired) electrons. The molecule has 1 N–H and O–H groups in total. The number of aryl methyl sites for hydroxylation is 2. The maximum atomic E-state index is 12.3. The van der Waals surface area contributed by atoms with E-state index in [9.17, 15) is 9.59 Å². The zero-order valence-corrected chi connectivity index (χ0v) is 15.8. The minimum absolute atomic E-state index is 0.00992. The number of hydrogen-bond acceptors (Lipinski definition) is 4. The summed E-state index contributed by atoms with van der Waals surface area (Å²) in [4.78, 5) is 26.3. The van der Waals surface area contributed by atoms with Gasteiger partial charge in [-0.25, -0.2) is 0 Å². The second-order valence-electron chi connectivity index (χ2n) is 6.64. The van der Waals surface area contributed by atoms with Crippen LogP contribution in [0.4, 0.5) is 5.69 Å². The van der Waals surface area contributed by atoms with E-state index in [1.807, 2.05) is 32.0 Å². The summed E-state index contributed by atoms with van der Waals surface area (Å²) in [5.74, 6) is 0.441. The lowest BCUT2D eigenvalue weighted by Crippen LogP contribution is -2.50. The zero-order chi connectivity index (χ0) is 19.4. The van der Waals surface area contributed by atoms with E-state index in [1.165, 1.54) is 5.56 Å². The predicted molar refractivity (Wildman–Crippen MR) is 103 cm³/mol. The molecular formula is C21H24N2O4. The number of ether oxygens (including phenoxy) is 2.